The van der Waals surface area contributed by atoms with Gasteiger partial charge in [0.05, 0.1) is 17.7 Å². The number of carbonyl (C=O) groups excluding carboxylic acids is 2. The minimum Gasteiger partial charge on any atom is -0.495 e. The van der Waals surface area contributed by atoms with E-state index in [1.807, 2.05) is 6.92 Å². The van der Waals surface area contributed by atoms with Gasteiger partial charge in [0.1, 0.15) is 24.2 Å². The van der Waals surface area contributed by atoms with Crippen molar-refractivity contribution in [2.24, 2.45) is 0 Å². The van der Waals surface area contributed by atoms with Crippen molar-refractivity contribution < 1.29 is 27.1 Å². The lowest BCUT2D eigenvalue weighted by molar-refractivity contribution is -0.139. The number of amides is 2. The molecule has 3 aromatic carbocycles. The van der Waals surface area contributed by atoms with E-state index in [4.69, 9.17) is 4.74 Å². The fourth-order valence-corrected chi connectivity index (χ4v) is 5.54. The molecule has 1 N–H and O–H groups in total. The normalized spacial score (nSPS) is 12.1. The molecule has 1 atom stereocenters. The molecule has 0 heterocycles. The van der Waals surface area contributed by atoms with E-state index in [0.717, 1.165) is 15.4 Å². The van der Waals surface area contributed by atoms with E-state index in [1.54, 1.807) is 58.0 Å². The van der Waals surface area contributed by atoms with Crippen molar-refractivity contribution in [2.75, 3.05) is 18.0 Å². The van der Waals surface area contributed by atoms with Crippen molar-refractivity contribution >= 4 is 27.5 Å². The number of halogens is 1. The molecule has 0 saturated carbocycles. The topological polar surface area (TPSA) is 96.0 Å². The molecule has 0 unspecified atom stereocenters. The quantitative estimate of drug-likeness (QED) is 0.365. The van der Waals surface area contributed by atoms with Crippen LogP contribution in [0.25, 0.3) is 0 Å². The highest BCUT2D eigenvalue weighted by molar-refractivity contribution is 7.92. The first kappa shape index (κ1) is 30.6. The van der Waals surface area contributed by atoms with E-state index in [-0.39, 0.29) is 28.9 Å². The maximum Gasteiger partial charge on any atom is 0.264 e. The molecule has 3 rings (SSSR count). The summed E-state index contributed by atoms with van der Waals surface area (Å²) < 4.78 is 48.1. The van der Waals surface area contributed by atoms with Gasteiger partial charge >= 0.3 is 0 Å². The highest BCUT2D eigenvalue weighted by Gasteiger charge is 2.34. The van der Waals surface area contributed by atoms with Crippen LogP contribution >= 0.6 is 0 Å². The number of carbonyl (C=O) groups is 2. The second-order valence-corrected chi connectivity index (χ2v) is 11.8. The number of hydrogen-bond acceptors (Lipinski definition) is 5. The molecule has 0 saturated heterocycles. The smallest absolute Gasteiger partial charge is 0.264 e. The van der Waals surface area contributed by atoms with E-state index in [2.05, 4.69) is 5.32 Å². The van der Waals surface area contributed by atoms with Gasteiger partial charge in [0.15, 0.2) is 0 Å². The first-order valence-corrected chi connectivity index (χ1v) is 14.4. The fourth-order valence-electron chi connectivity index (χ4n) is 4.12. The zero-order valence-electron chi connectivity index (χ0n) is 23.6. The second kappa shape index (κ2) is 13.0. The van der Waals surface area contributed by atoms with Crippen molar-refractivity contribution in [1.29, 1.82) is 0 Å². The predicted octanol–water partition coefficient (Wildman–Crippen LogP) is 4.59. The molecule has 10 heteroatoms. The summed E-state index contributed by atoms with van der Waals surface area (Å²) in [4.78, 5) is 28.3. The van der Waals surface area contributed by atoms with Gasteiger partial charge in [0, 0.05) is 12.6 Å². The van der Waals surface area contributed by atoms with Gasteiger partial charge in [-0.3, -0.25) is 13.9 Å². The molecule has 0 aliphatic rings. The van der Waals surface area contributed by atoms with Gasteiger partial charge in [0.2, 0.25) is 11.8 Å². The van der Waals surface area contributed by atoms with Crippen LogP contribution in [0.15, 0.2) is 71.6 Å². The van der Waals surface area contributed by atoms with Crippen molar-refractivity contribution in [1.82, 2.24) is 10.2 Å². The maximum atomic E-state index is 14.0. The number of sulfonamides is 1. The van der Waals surface area contributed by atoms with Gasteiger partial charge < -0.3 is 15.0 Å². The highest BCUT2D eigenvalue weighted by atomic mass is 32.2. The van der Waals surface area contributed by atoms with E-state index in [0.29, 0.717) is 5.56 Å². The summed E-state index contributed by atoms with van der Waals surface area (Å²) in [5.74, 6) is -1.18. The Kier molecular flexibility index (Phi) is 9.92. The summed E-state index contributed by atoms with van der Waals surface area (Å²) >= 11 is 0. The molecule has 3 aromatic rings. The van der Waals surface area contributed by atoms with Crippen LogP contribution in [0.4, 0.5) is 10.1 Å². The molecule has 40 heavy (non-hydrogen) atoms. The summed E-state index contributed by atoms with van der Waals surface area (Å²) in [7, 11) is -2.81. The third-order valence-corrected chi connectivity index (χ3v) is 8.13. The van der Waals surface area contributed by atoms with Crippen LogP contribution in [0, 0.1) is 19.7 Å². The monoisotopic (exact) mass is 569 g/mol. The number of aryl methyl sites for hydroxylation is 2. The standard InChI is InChI=1S/C30H36FN3O5S/c1-20(2)32-30(36)23(5)33(18-24-10-12-25(31)13-11-24)29(35)19-34(27-17-22(4)9-16-28(27)39-6)40(37,38)26-14-7-21(3)8-15-26/h7-17,20,23H,18-19H2,1-6H3,(H,32,36)/t23-/m0/s1. The van der Waals surface area contributed by atoms with Crippen LogP contribution in [0.3, 0.4) is 0 Å². The highest BCUT2D eigenvalue weighted by Crippen LogP contribution is 2.34. The van der Waals surface area contributed by atoms with Gasteiger partial charge in [0.25, 0.3) is 10.0 Å². The van der Waals surface area contributed by atoms with E-state index >= 15 is 0 Å². The second-order valence-electron chi connectivity index (χ2n) is 9.99. The molecule has 0 bridgehead atoms. The Bertz CT molecular complexity index is 1440. The van der Waals surface area contributed by atoms with Crippen LogP contribution in [-0.4, -0.2) is 50.9 Å². The first-order valence-electron chi connectivity index (χ1n) is 12.9. The van der Waals surface area contributed by atoms with Crippen LogP contribution in [-0.2, 0) is 26.2 Å². The van der Waals surface area contributed by atoms with Crippen LogP contribution < -0.4 is 14.4 Å². The molecular formula is C30H36FN3O5S. The molecule has 2 amide bonds. The number of rotatable bonds is 11. The number of hydrogen-bond donors (Lipinski definition) is 1. The SMILES string of the molecule is COc1ccc(C)cc1N(CC(=O)N(Cc1ccc(F)cc1)[C@@H](C)C(=O)NC(C)C)S(=O)(=O)c1ccc(C)cc1. The number of nitrogens with one attached hydrogen (secondary N) is 1. The first-order chi connectivity index (χ1) is 18.8. The van der Waals surface area contributed by atoms with Crippen molar-refractivity contribution in [3.63, 3.8) is 0 Å². The maximum absolute atomic E-state index is 14.0. The Labute approximate surface area is 235 Å². The van der Waals surface area contributed by atoms with Crippen LogP contribution in [0.5, 0.6) is 5.75 Å². The van der Waals surface area contributed by atoms with E-state index in [9.17, 15) is 22.4 Å². The fraction of sp³-hybridized carbons (Fsp3) is 0.333. The average Bonchev–Trinajstić information content (AvgIpc) is 2.90. The molecule has 0 aliphatic heterocycles. The molecule has 0 aliphatic carbocycles. The largest absolute Gasteiger partial charge is 0.495 e. The van der Waals surface area contributed by atoms with E-state index in [1.165, 1.54) is 48.4 Å². The average molecular weight is 570 g/mol. The van der Waals surface area contributed by atoms with E-state index < -0.39 is 40.2 Å². The molecule has 8 nitrogen and oxygen atoms in total. The van der Waals surface area contributed by atoms with Crippen molar-refractivity contribution in [3.05, 3.63) is 89.2 Å². The zero-order chi connectivity index (χ0) is 29.6. The van der Waals surface area contributed by atoms with Gasteiger partial charge in [-0.2, -0.15) is 0 Å². The van der Waals surface area contributed by atoms with Crippen LogP contribution in [0.2, 0.25) is 0 Å². The van der Waals surface area contributed by atoms with Crippen molar-refractivity contribution in [2.45, 2.75) is 58.1 Å². The summed E-state index contributed by atoms with van der Waals surface area (Å²) in [5, 5.41) is 2.80. The third-order valence-electron chi connectivity index (χ3n) is 6.36. The number of anilines is 1. The molecule has 0 radical (unpaired) electrons. The summed E-state index contributed by atoms with van der Waals surface area (Å²) in [6.07, 6.45) is 0. The Morgan fingerprint density at radius 2 is 1.52 bits per heavy atom. The third kappa shape index (κ3) is 7.38. The predicted molar refractivity (Wildman–Crippen MR) is 153 cm³/mol. The number of ether oxygens (including phenoxy) is 1. The summed E-state index contributed by atoms with van der Waals surface area (Å²) in [6.45, 7) is 8.20. The Hall–Kier alpha value is -3.92. The molecule has 214 valence electrons. The Morgan fingerprint density at radius 3 is 2.10 bits per heavy atom. The number of methoxy groups -OCH3 is 1. The van der Waals surface area contributed by atoms with Gasteiger partial charge in [-0.25, -0.2) is 12.8 Å². The minimum absolute atomic E-state index is 0.00476. The zero-order valence-corrected chi connectivity index (χ0v) is 24.5. The lowest BCUT2D eigenvalue weighted by Gasteiger charge is -2.32. The van der Waals surface area contributed by atoms with Crippen LogP contribution in [0.1, 0.15) is 37.5 Å². The van der Waals surface area contributed by atoms with Gasteiger partial charge in [-0.05, 0) is 82.1 Å². The van der Waals surface area contributed by atoms with Gasteiger partial charge in [-0.15, -0.1) is 0 Å². The number of nitrogens with zero attached hydrogens (tertiary/aromatic N) is 2. The summed E-state index contributed by atoms with van der Waals surface area (Å²) in [6, 6.07) is 15.8. The van der Waals surface area contributed by atoms with Crippen molar-refractivity contribution in [3.8, 4) is 5.75 Å². The lowest BCUT2D eigenvalue weighted by atomic mass is 10.1. The number of benzene rings is 3. The summed E-state index contributed by atoms with van der Waals surface area (Å²) in [5.41, 5.74) is 2.42. The lowest BCUT2D eigenvalue weighted by Crippen LogP contribution is -2.52. The van der Waals surface area contributed by atoms with Gasteiger partial charge in [-0.1, -0.05) is 35.9 Å². The Morgan fingerprint density at radius 1 is 0.925 bits per heavy atom. The molecule has 0 spiro atoms. The molecule has 0 aromatic heterocycles. The minimum atomic E-state index is -4.24. The molecular weight excluding hydrogens is 533 g/mol. The Balaban J connectivity index is 2.10. The molecule has 0 fully saturated rings.